The van der Waals surface area contributed by atoms with Crippen LogP contribution in [0.25, 0.3) is 5.32 Å². The maximum atomic E-state index is 9.85. The second kappa shape index (κ2) is 4.00. The van der Waals surface area contributed by atoms with Crippen molar-refractivity contribution in [2.24, 2.45) is 0 Å². The topological polar surface area (TPSA) is 40.4 Å². The number of nitrogens with zero attached hydrogens (tertiary/aromatic N) is 1. The van der Waals surface area contributed by atoms with Crippen molar-refractivity contribution >= 4 is 6.09 Å². The van der Waals surface area contributed by atoms with Gasteiger partial charge in [0.2, 0.25) is 6.09 Å². The minimum atomic E-state index is -0.421. The van der Waals surface area contributed by atoms with Crippen molar-refractivity contribution in [3.63, 3.8) is 0 Å². The molecule has 0 aliphatic carbocycles. The molecule has 0 aromatic heterocycles. The minimum absolute atomic E-state index is 0. The molecule has 0 spiro atoms. The summed E-state index contributed by atoms with van der Waals surface area (Å²) in [6, 6.07) is 0. The van der Waals surface area contributed by atoms with E-state index < -0.39 is 6.09 Å². The molecule has 1 fully saturated rings. The standard InChI is InChI=1S/C3H5NO2.Rb/c5-3-4-1-2-6-3;/h1-2H2,(H,4,5);/q;+1/p-1. The van der Waals surface area contributed by atoms with Gasteiger partial charge in [0.25, 0.3) is 0 Å². The molecule has 0 aromatic rings. The average molecular weight is 172 g/mol. The molecule has 0 unspecified atom stereocenters. The van der Waals surface area contributed by atoms with Gasteiger partial charge in [-0.05, 0) is 0 Å². The molecule has 0 radical (unpaired) electrons. The molecular formula is C3H4NO2Rb. The molecule has 0 bridgehead atoms. The quantitative estimate of drug-likeness (QED) is 0.405. The van der Waals surface area contributed by atoms with Crippen LogP contribution in [-0.2, 0) is 4.74 Å². The first-order valence-electron chi connectivity index (χ1n) is 1.74. The maximum absolute atomic E-state index is 9.85. The number of carbonyl (C=O) groups is 1. The van der Waals surface area contributed by atoms with Gasteiger partial charge in [-0.3, -0.25) is 4.79 Å². The van der Waals surface area contributed by atoms with Gasteiger partial charge in [0.15, 0.2) is 0 Å². The Morgan fingerprint density at radius 3 is 2.57 bits per heavy atom. The second-order valence-electron chi connectivity index (χ2n) is 0.996. The smallest absolute Gasteiger partial charge is 0.615 e. The summed E-state index contributed by atoms with van der Waals surface area (Å²) in [5, 5.41) is 3.38. The van der Waals surface area contributed by atoms with Crippen LogP contribution < -0.4 is 58.2 Å². The summed E-state index contributed by atoms with van der Waals surface area (Å²) in [6.45, 7) is 1.01. The van der Waals surface area contributed by atoms with Crippen molar-refractivity contribution in [1.29, 1.82) is 0 Å². The number of hydrogen-bond acceptors (Lipinski definition) is 2. The molecular weight excluding hydrogens is 168 g/mol. The molecule has 3 nitrogen and oxygen atoms in total. The Hall–Kier alpha value is 1.08. The Labute approximate surface area is 90.6 Å². The van der Waals surface area contributed by atoms with Gasteiger partial charge in [-0.25, -0.2) is 0 Å². The Kier molecular flexibility index (Phi) is 4.62. The summed E-state index contributed by atoms with van der Waals surface area (Å²) < 4.78 is 4.35. The van der Waals surface area contributed by atoms with E-state index in [1.807, 2.05) is 0 Å². The molecule has 7 heavy (non-hydrogen) atoms. The molecule has 1 amide bonds. The van der Waals surface area contributed by atoms with Crippen molar-refractivity contribution in [2.45, 2.75) is 0 Å². The largest absolute Gasteiger partial charge is 1.00 e. The third-order valence-electron chi connectivity index (χ3n) is 0.558. The summed E-state index contributed by atoms with van der Waals surface area (Å²) >= 11 is 0. The molecule has 4 heteroatoms. The third kappa shape index (κ3) is 2.79. The van der Waals surface area contributed by atoms with E-state index in [4.69, 9.17) is 0 Å². The maximum Gasteiger partial charge on any atom is 1.00 e. The molecule has 1 heterocycles. The van der Waals surface area contributed by atoms with Gasteiger partial charge in [0.1, 0.15) is 0 Å². The molecule has 1 saturated heterocycles. The first-order valence-corrected chi connectivity index (χ1v) is 1.74. The molecule has 34 valence electrons. The summed E-state index contributed by atoms with van der Waals surface area (Å²) in [4.78, 5) is 9.85. The Bertz CT molecular complexity index is 67.3. The van der Waals surface area contributed by atoms with Crippen LogP contribution in [0.3, 0.4) is 0 Å². The Balaban J connectivity index is 0.000000360. The van der Waals surface area contributed by atoms with Gasteiger partial charge in [-0.2, -0.15) is 0 Å². The van der Waals surface area contributed by atoms with Crippen LogP contribution in [0.1, 0.15) is 0 Å². The fourth-order valence-electron chi connectivity index (χ4n) is 0.316. The van der Waals surface area contributed by atoms with E-state index in [1.54, 1.807) is 0 Å². The number of cyclic esters (lactones) is 1. The van der Waals surface area contributed by atoms with Crippen LogP contribution in [0.15, 0.2) is 0 Å². The molecule has 0 atom stereocenters. The summed E-state index contributed by atoms with van der Waals surface area (Å²) in [7, 11) is 0. The predicted molar refractivity (Wildman–Crippen MR) is 19.6 cm³/mol. The summed E-state index contributed by atoms with van der Waals surface area (Å²) in [5.74, 6) is 0. The van der Waals surface area contributed by atoms with Gasteiger partial charge >= 0.3 is 58.2 Å². The van der Waals surface area contributed by atoms with Gasteiger partial charge in [-0.15, -0.1) is 0 Å². The van der Waals surface area contributed by atoms with E-state index in [1.165, 1.54) is 0 Å². The molecule has 0 N–H and O–H groups in total. The zero-order valence-corrected chi connectivity index (χ0v) is 9.09. The molecule has 0 aromatic carbocycles. The van der Waals surface area contributed by atoms with Crippen LogP contribution in [0.2, 0.25) is 0 Å². The Morgan fingerprint density at radius 2 is 2.43 bits per heavy atom. The number of amides is 1. The first-order chi connectivity index (χ1) is 2.89. The number of ether oxygens (including phenoxy) is 1. The summed E-state index contributed by atoms with van der Waals surface area (Å²) in [5.41, 5.74) is 0. The van der Waals surface area contributed by atoms with Crippen molar-refractivity contribution in [3.8, 4) is 0 Å². The van der Waals surface area contributed by atoms with Crippen LogP contribution in [0, 0.1) is 0 Å². The van der Waals surface area contributed by atoms with Gasteiger partial charge in [0, 0.05) is 0 Å². The number of rotatable bonds is 0. The fourth-order valence-corrected chi connectivity index (χ4v) is 0.316. The second-order valence-corrected chi connectivity index (χ2v) is 0.996. The van der Waals surface area contributed by atoms with Gasteiger partial charge in [0.05, 0.1) is 6.61 Å². The molecule has 1 aliphatic heterocycles. The van der Waals surface area contributed by atoms with E-state index in [9.17, 15) is 4.79 Å². The third-order valence-corrected chi connectivity index (χ3v) is 0.558. The van der Waals surface area contributed by atoms with Crippen molar-refractivity contribution < 1.29 is 67.7 Å². The van der Waals surface area contributed by atoms with E-state index in [0.717, 1.165) is 0 Å². The van der Waals surface area contributed by atoms with Gasteiger partial charge in [-0.1, -0.05) is 6.54 Å². The van der Waals surface area contributed by atoms with Crippen LogP contribution >= 0.6 is 0 Å². The zero-order valence-electron chi connectivity index (χ0n) is 4.18. The molecule has 1 aliphatic rings. The van der Waals surface area contributed by atoms with E-state index in [2.05, 4.69) is 10.1 Å². The fraction of sp³-hybridized carbons (Fsp3) is 0.667. The zero-order chi connectivity index (χ0) is 4.41. The van der Waals surface area contributed by atoms with E-state index >= 15 is 0 Å². The monoisotopic (exact) mass is 171 g/mol. The normalized spacial score (nSPS) is 16.9. The average Bonchev–Trinajstić information content (AvgIpc) is 1.86. The van der Waals surface area contributed by atoms with Crippen LogP contribution in [0.5, 0.6) is 0 Å². The number of hydrogen-bond donors (Lipinski definition) is 0. The first kappa shape index (κ1) is 8.08. The summed E-state index contributed by atoms with van der Waals surface area (Å²) in [6.07, 6.45) is -0.421. The molecule has 0 saturated carbocycles. The van der Waals surface area contributed by atoms with Gasteiger partial charge < -0.3 is 10.1 Å². The SMILES string of the molecule is O=C1[N-]CCO1.[Rb+]. The van der Waals surface area contributed by atoms with Crippen molar-refractivity contribution in [1.82, 2.24) is 0 Å². The Morgan fingerprint density at radius 1 is 1.71 bits per heavy atom. The van der Waals surface area contributed by atoms with E-state index in [-0.39, 0.29) is 58.2 Å². The van der Waals surface area contributed by atoms with E-state index in [0.29, 0.717) is 13.2 Å². The van der Waals surface area contributed by atoms with Crippen molar-refractivity contribution in [3.05, 3.63) is 5.32 Å². The molecule has 1 rings (SSSR count). The number of carbonyl (C=O) groups excluding carboxylic acids is 1. The van der Waals surface area contributed by atoms with Crippen LogP contribution in [0.4, 0.5) is 4.79 Å². The minimum Gasteiger partial charge on any atom is -0.615 e. The predicted octanol–water partition coefficient (Wildman–Crippen LogP) is -2.49. The van der Waals surface area contributed by atoms with Crippen molar-refractivity contribution in [2.75, 3.05) is 13.2 Å². The van der Waals surface area contributed by atoms with Crippen LogP contribution in [-0.4, -0.2) is 19.2 Å².